The van der Waals surface area contributed by atoms with Gasteiger partial charge in [-0.25, -0.2) is 0 Å². The third-order valence-corrected chi connectivity index (χ3v) is 3.40. The molecule has 1 nitrogen and oxygen atoms in total. The summed E-state index contributed by atoms with van der Waals surface area (Å²) in [4.78, 5) is 2.25. The maximum absolute atomic E-state index is 2.25. The van der Waals surface area contributed by atoms with Gasteiger partial charge in [0.05, 0.1) is 0 Å². The van der Waals surface area contributed by atoms with E-state index < -0.39 is 0 Å². The van der Waals surface area contributed by atoms with E-state index in [9.17, 15) is 0 Å². The molecule has 0 aliphatic heterocycles. The smallest absolute Gasteiger partial charge is 0.00985 e. The summed E-state index contributed by atoms with van der Waals surface area (Å²) in [6, 6.07) is 0. The van der Waals surface area contributed by atoms with Crippen LogP contribution < -0.4 is 0 Å². The molecule has 0 atom stereocenters. The molecule has 0 radical (unpaired) electrons. The van der Waals surface area contributed by atoms with Crippen molar-refractivity contribution < 1.29 is 0 Å². The van der Waals surface area contributed by atoms with Gasteiger partial charge >= 0.3 is 0 Å². The fourth-order valence-electron chi connectivity index (χ4n) is 2.01. The van der Waals surface area contributed by atoms with Crippen LogP contribution in [0, 0.1) is 27.7 Å². The summed E-state index contributed by atoms with van der Waals surface area (Å²) in [6.07, 6.45) is 1.18. The van der Waals surface area contributed by atoms with Crippen molar-refractivity contribution in [1.82, 2.24) is 4.90 Å². The highest BCUT2D eigenvalue weighted by molar-refractivity contribution is 5.49. The molecule has 1 heteroatoms. The summed E-state index contributed by atoms with van der Waals surface area (Å²) in [5, 5.41) is 0. The van der Waals surface area contributed by atoms with Crippen LogP contribution in [0.2, 0.25) is 0 Å². The largest absolute Gasteiger partial charge is 0.310 e. The lowest BCUT2D eigenvalue weighted by molar-refractivity contribution is 0.413. The zero-order chi connectivity index (χ0) is 10.9. The Kier molecular flexibility index (Phi) is 3.43. The van der Waals surface area contributed by atoms with Gasteiger partial charge < -0.3 is 4.90 Å². The molecule has 1 aromatic carbocycles. The van der Waals surface area contributed by atoms with Crippen LogP contribution in [0.5, 0.6) is 0 Å². The van der Waals surface area contributed by atoms with Gasteiger partial charge in [-0.1, -0.05) is 34.1 Å². The first kappa shape index (κ1) is 11.4. The SMILES string of the molecule is Cc1c(CCN(C)C)c(C)[c-](C)c1C. The van der Waals surface area contributed by atoms with E-state index in [2.05, 4.69) is 46.7 Å². The summed E-state index contributed by atoms with van der Waals surface area (Å²) in [5.74, 6) is 0. The van der Waals surface area contributed by atoms with Crippen LogP contribution >= 0.6 is 0 Å². The minimum Gasteiger partial charge on any atom is -0.310 e. The molecule has 0 fully saturated rings. The molecule has 0 spiro atoms. The first-order chi connectivity index (χ1) is 6.45. The summed E-state index contributed by atoms with van der Waals surface area (Å²) < 4.78 is 0. The molecule has 80 valence electrons. The Morgan fingerprint density at radius 3 is 2.00 bits per heavy atom. The Bertz CT molecular complexity index is 293. The van der Waals surface area contributed by atoms with Crippen LogP contribution in [-0.2, 0) is 6.42 Å². The van der Waals surface area contributed by atoms with Crippen LogP contribution in [0.1, 0.15) is 27.8 Å². The monoisotopic (exact) mass is 192 g/mol. The van der Waals surface area contributed by atoms with E-state index in [0.717, 1.165) is 6.54 Å². The highest BCUT2D eigenvalue weighted by Gasteiger charge is 2.01. The predicted molar refractivity (Wildman–Crippen MR) is 63.2 cm³/mol. The first-order valence-electron chi connectivity index (χ1n) is 5.31. The summed E-state index contributed by atoms with van der Waals surface area (Å²) >= 11 is 0. The molecule has 0 heterocycles. The van der Waals surface area contributed by atoms with Gasteiger partial charge in [0.1, 0.15) is 0 Å². The molecule has 0 bridgehead atoms. The minimum absolute atomic E-state index is 1.14. The summed E-state index contributed by atoms with van der Waals surface area (Å²) in [5.41, 5.74) is 7.53. The topological polar surface area (TPSA) is 3.24 Å². The van der Waals surface area contributed by atoms with Gasteiger partial charge in [-0.2, -0.15) is 27.8 Å². The lowest BCUT2D eigenvalue weighted by atomic mass is 10.1. The average Bonchev–Trinajstić information content (AvgIpc) is 2.29. The first-order valence-corrected chi connectivity index (χ1v) is 5.31. The van der Waals surface area contributed by atoms with Gasteiger partial charge in [-0.3, -0.25) is 0 Å². The molecule has 0 N–H and O–H groups in total. The lowest BCUT2D eigenvalue weighted by Crippen LogP contribution is -2.15. The number of likely N-dealkylation sites (N-methyl/N-ethyl adjacent to an activating group) is 1. The molecule has 0 saturated carbocycles. The fraction of sp³-hybridized carbons (Fsp3) is 0.615. The van der Waals surface area contributed by atoms with Crippen molar-refractivity contribution in [2.75, 3.05) is 20.6 Å². The second-order valence-corrected chi connectivity index (χ2v) is 4.53. The van der Waals surface area contributed by atoms with Gasteiger partial charge in [0.2, 0.25) is 0 Å². The maximum Gasteiger partial charge on any atom is -0.00985 e. The number of hydrogen-bond donors (Lipinski definition) is 0. The van der Waals surface area contributed by atoms with E-state index in [0.29, 0.717) is 0 Å². The van der Waals surface area contributed by atoms with E-state index >= 15 is 0 Å². The molecular formula is C13H22N-. The van der Waals surface area contributed by atoms with Crippen molar-refractivity contribution in [1.29, 1.82) is 0 Å². The molecule has 0 unspecified atom stereocenters. The van der Waals surface area contributed by atoms with Crippen molar-refractivity contribution in [3.8, 4) is 0 Å². The number of nitrogens with zero attached hydrogens (tertiary/aromatic N) is 1. The van der Waals surface area contributed by atoms with Crippen LogP contribution in [0.4, 0.5) is 0 Å². The molecule has 0 aliphatic rings. The van der Waals surface area contributed by atoms with Gasteiger partial charge in [0.25, 0.3) is 0 Å². The Morgan fingerprint density at radius 1 is 1.07 bits per heavy atom. The molecular weight excluding hydrogens is 170 g/mol. The second-order valence-electron chi connectivity index (χ2n) is 4.53. The maximum atomic E-state index is 2.25. The molecule has 0 aliphatic carbocycles. The molecule has 0 aromatic heterocycles. The Morgan fingerprint density at radius 2 is 1.64 bits per heavy atom. The average molecular weight is 192 g/mol. The van der Waals surface area contributed by atoms with Crippen molar-refractivity contribution in [2.24, 2.45) is 0 Å². The fourth-order valence-corrected chi connectivity index (χ4v) is 2.01. The predicted octanol–water partition coefficient (Wildman–Crippen LogP) is 2.74. The molecule has 0 saturated heterocycles. The van der Waals surface area contributed by atoms with Crippen molar-refractivity contribution in [3.05, 3.63) is 27.8 Å². The van der Waals surface area contributed by atoms with Crippen LogP contribution in [0.15, 0.2) is 0 Å². The Balaban J connectivity index is 2.91. The standard InChI is InChI=1S/C13H22N/c1-9-10(2)12(4)13(11(9)3)7-8-14(5)6/h7-8H2,1-6H3/q-1. The van der Waals surface area contributed by atoms with E-state index in [1.165, 1.54) is 28.7 Å². The Labute approximate surface area is 88.1 Å². The highest BCUT2D eigenvalue weighted by Crippen LogP contribution is 2.26. The zero-order valence-electron chi connectivity index (χ0n) is 10.4. The summed E-state index contributed by atoms with van der Waals surface area (Å²) in [7, 11) is 4.26. The Hall–Kier alpha value is -0.690. The quantitative estimate of drug-likeness (QED) is 0.666. The number of hydrogen-bond acceptors (Lipinski definition) is 1. The van der Waals surface area contributed by atoms with Gasteiger partial charge in [0.15, 0.2) is 0 Å². The number of rotatable bonds is 3. The second kappa shape index (κ2) is 4.22. The van der Waals surface area contributed by atoms with Crippen molar-refractivity contribution in [3.63, 3.8) is 0 Å². The van der Waals surface area contributed by atoms with Crippen LogP contribution in [0.3, 0.4) is 0 Å². The third kappa shape index (κ3) is 2.03. The zero-order valence-corrected chi connectivity index (χ0v) is 10.4. The van der Waals surface area contributed by atoms with Gasteiger partial charge in [-0.05, 0) is 20.6 Å². The molecule has 14 heavy (non-hydrogen) atoms. The molecule has 0 amide bonds. The van der Waals surface area contributed by atoms with E-state index in [4.69, 9.17) is 0 Å². The lowest BCUT2D eigenvalue weighted by Gasteiger charge is -2.16. The minimum atomic E-state index is 1.14. The van der Waals surface area contributed by atoms with Crippen molar-refractivity contribution in [2.45, 2.75) is 34.1 Å². The van der Waals surface area contributed by atoms with Crippen LogP contribution in [-0.4, -0.2) is 25.5 Å². The van der Waals surface area contributed by atoms with Gasteiger partial charge in [-0.15, -0.1) is 0 Å². The summed E-state index contributed by atoms with van der Waals surface area (Å²) in [6.45, 7) is 10.1. The van der Waals surface area contributed by atoms with Crippen LogP contribution in [0.25, 0.3) is 0 Å². The van der Waals surface area contributed by atoms with Gasteiger partial charge in [0, 0.05) is 0 Å². The highest BCUT2D eigenvalue weighted by atomic mass is 15.0. The van der Waals surface area contributed by atoms with E-state index in [1.807, 2.05) is 0 Å². The van der Waals surface area contributed by atoms with E-state index in [-0.39, 0.29) is 0 Å². The molecule has 1 aromatic rings. The molecule has 1 rings (SSSR count). The van der Waals surface area contributed by atoms with E-state index in [1.54, 1.807) is 5.56 Å². The third-order valence-electron chi connectivity index (χ3n) is 3.40. The normalized spacial score (nSPS) is 11.4. The van der Waals surface area contributed by atoms with Crippen molar-refractivity contribution >= 4 is 0 Å².